The Hall–Kier alpha value is -1.68. The van der Waals surface area contributed by atoms with Crippen molar-refractivity contribution in [1.82, 2.24) is 20.1 Å². The van der Waals surface area contributed by atoms with Gasteiger partial charge in [-0.15, -0.1) is 0 Å². The monoisotopic (exact) mass is 258 g/mol. The van der Waals surface area contributed by atoms with E-state index in [1.54, 1.807) is 0 Å². The van der Waals surface area contributed by atoms with E-state index in [1.165, 1.54) is 11.1 Å². The van der Waals surface area contributed by atoms with E-state index in [0.717, 1.165) is 25.1 Å². The summed E-state index contributed by atoms with van der Waals surface area (Å²) >= 11 is 0. The van der Waals surface area contributed by atoms with Crippen LogP contribution in [0.3, 0.4) is 0 Å². The molecule has 2 rings (SSSR count). The summed E-state index contributed by atoms with van der Waals surface area (Å²) in [5.74, 6) is 0. The molecule has 0 spiro atoms. The maximum Gasteiger partial charge on any atom is 0.0673 e. The Kier molecular flexibility index (Phi) is 4.68. The van der Waals surface area contributed by atoms with Gasteiger partial charge in [-0.3, -0.25) is 9.67 Å². The fourth-order valence-corrected chi connectivity index (χ4v) is 2.31. The molecule has 1 N–H and O–H groups in total. The second kappa shape index (κ2) is 6.48. The molecule has 0 saturated heterocycles. The second-order valence-electron chi connectivity index (χ2n) is 4.73. The van der Waals surface area contributed by atoms with Crippen molar-refractivity contribution in [2.24, 2.45) is 7.05 Å². The van der Waals surface area contributed by atoms with Gasteiger partial charge < -0.3 is 5.32 Å². The summed E-state index contributed by atoms with van der Waals surface area (Å²) in [6.45, 7) is 5.31. The van der Waals surface area contributed by atoms with E-state index in [1.807, 2.05) is 30.2 Å². The maximum atomic E-state index is 4.54. The van der Waals surface area contributed by atoms with E-state index >= 15 is 0 Å². The fourth-order valence-electron chi connectivity index (χ4n) is 2.31. The van der Waals surface area contributed by atoms with Gasteiger partial charge in [0.15, 0.2) is 0 Å². The molecule has 2 aromatic heterocycles. The Morgan fingerprint density at radius 1 is 1.37 bits per heavy atom. The molecule has 2 aromatic rings. The molecule has 0 saturated carbocycles. The number of aryl methyl sites for hydroxylation is 2. The number of nitrogens with one attached hydrogen (secondary N) is 1. The number of pyridine rings is 1. The zero-order valence-corrected chi connectivity index (χ0v) is 11.9. The van der Waals surface area contributed by atoms with Crippen LogP contribution >= 0.6 is 0 Å². The molecule has 1 atom stereocenters. The van der Waals surface area contributed by atoms with Crippen molar-refractivity contribution >= 4 is 0 Å². The molecule has 102 valence electrons. The average molecular weight is 258 g/mol. The number of hydrogen-bond donors (Lipinski definition) is 1. The first-order valence-electron chi connectivity index (χ1n) is 6.92. The molecule has 1 unspecified atom stereocenters. The van der Waals surface area contributed by atoms with Gasteiger partial charge in [0.05, 0.1) is 11.7 Å². The third kappa shape index (κ3) is 3.20. The van der Waals surface area contributed by atoms with Crippen molar-refractivity contribution in [3.8, 4) is 0 Å². The van der Waals surface area contributed by atoms with Gasteiger partial charge in [0.25, 0.3) is 0 Å². The molecular weight excluding hydrogens is 236 g/mol. The minimum Gasteiger partial charge on any atom is -0.306 e. The molecule has 4 nitrogen and oxygen atoms in total. The molecule has 2 heterocycles. The summed E-state index contributed by atoms with van der Waals surface area (Å²) in [7, 11) is 1.97. The summed E-state index contributed by atoms with van der Waals surface area (Å²) in [4.78, 5) is 4.23. The fraction of sp³-hybridized carbons (Fsp3) is 0.467. The van der Waals surface area contributed by atoms with Crippen LogP contribution in [-0.4, -0.2) is 21.3 Å². The zero-order valence-electron chi connectivity index (χ0n) is 11.9. The van der Waals surface area contributed by atoms with Crippen LogP contribution in [0.1, 0.15) is 43.1 Å². The lowest BCUT2D eigenvalue weighted by atomic mass is 9.99. The normalized spacial score (nSPS) is 12.6. The number of aromatic nitrogens is 3. The molecule has 0 aliphatic heterocycles. The predicted octanol–water partition coefficient (Wildman–Crippen LogP) is 2.47. The van der Waals surface area contributed by atoms with E-state index in [4.69, 9.17) is 0 Å². The topological polar surface area (TPSA) is 42.7 Å². The third-order valence-corrected chi connectivity index (χ3v) is 3.20. The highest BCUT2D eigenvalue weighted by Crippen LogP contribution is 2.24. The lowest BCUT2D eigenvalue weighted by molar-refractivity contribution is 0.593. The van der Waals surface area contributed by atoms with E-state index in [2.05, 4.69) is 41.5 Å². The van der Waals surface area contributed by atoms with Gasteiger partial charge in [-0.25, -0.2) is 0 Å². The van der Waals surface area contributed by atoms with Crippen molar-refractivity contribution in [2.45, 2.75) is 32.7 Å². The number of rotatable bonds is 6. The highest BCUT2D eigenvalue weighted by Gasteiger charge is 2.19. The molecule has 0 fully saturated rings. The quantitative estimate of drug-likeness (QED) is 0.865. The standard InChI is InChI=1S/C15H22N4/c1-4-8-17-15(12-7-6-9-16-10-12)13-11-19(3)18-14(13)5-2/h6-7,9-11,15,17H,4-5,8H2,1-3H3. The van der Waals surface area contributed by atoms with Crippen molar-refractivity contribution in [3.05, 3.63) is 47.5 Å². The van der Waals surface area contributed by atoms with Crippen LogP contribution < -0.4 is 5.32 Å². The van der Waals surface area contributed by atoms with E-state index < -0.39 is 0 Å². The van der Waals surface area contributed by atoms with E-state index in [-0.39, 0.29) is 6.04 Å². The minimum absolute atomic E-state index is 0.178. The summed E-state index contributed by atoms with van der Waals surface area (Å²) < 4.78 is 1.89. The van der Waals surface area contributed by atoms with Crippen LogP contribution in [0.25, 0.3) is 0 Å². The van der Waals surface area contributed by atoms with E-state index in [9.17, 15) is 0 Å². The molecule has 19 heavy (non-hydrogen) atoms. The maximum absolute atomic E-state index is 4.54. The Labute approximate surface area is 114 Å². The van der Waals surface area contributed by atoms with Gasteiger partial charge in [0.1, 0.15) is 0 Å². The van der Waals surface area contributed by atoms with E-state index in [0.29, 0.717) is 0 Å². The van der Waals surface area contributed by atoms with Crippen LogP contribution in [0.15, 0.2) is 30.7 Å². The Bertz CT molecular complexity index is 504. The Morgan fingerprint density at radius 2 is 2.21 bits per heavy atom. The highest BCUT2D eigenvalue weighted by atomic mass is 15.3. The van der Waals surface area contributed by atoms with Gasteiger partial charge in [-0.2, -0.15) is 5.10 Å². The minimum atomic E-state index is 0.178. The smallest absolute Gasteiger partial charge is 0.0673 e. The number of nitrogens with zero attached hydrogens (tertiary/aromatic N) is 3. The van der Waals surface area contributed by atoms with Gasteiger partial charge in [-0.1, -0.05) is 19.9 Å². The van der Waals surface area contributed by atoms with Crippen molar-refractivity contribution in [1.29, 1.82) is 0 Å². The predicted molar refractivity (Wildman–Crippen MR) is 77.0 cm³/mol. The summed E-state index contributed by atoms with van der Waals surface area (Å²) in [6.07, 6.45) is 7.91. The first-order chi connectivity index (χ1) is 9.26. The second-order valence-corrected chi connectivity index (χ2v) is 4.73. The van der Waals surface area contributed by atoms with Crippen LogP contribution in [-0.2, 0) is 13.5 Å². The first-order valence-corrected chi connectivity index (χ1v) is 6.92. The molecule has 0 aliphatic rings. The Balaban J connectivity index is 2.36. The van der Waals surface area contributed by atoms with Gasteiger partial charge in [0.2, 0.25) is 0 Å². The number of hydrogen-bond acceptors (Lipinski definition) is 3. The summed E-state index contributed by atoms with van der Waals surface area (Å²) in [6, 6.07) is 4.28. The lowest BCUT2D eigenvalue weighted by Gasteiger charge is -2.18. The van der Waals surface area contributed by atoms with Crippen molar-refractivity contribution in [3.63, 3.8) is 0 Å². The van der Waals surface area contributed by atoms with Crippen molar-refractivity contribution in [2.75, 3.05) is 6.54 Å². The molecule has 0 bridgehead atoms. The summed E-state index contributed by atoms with van der Waals surface area (Å²) in [5.41, 5.74) is 3.60. The lowest BCUT2D eigenvalue weighted by Crippen LogP contribution is -2.23. The van der Waals surface area contributed by atoms with Crippen LogP contribution in [0, 0.1) is 0 Å². The Morgan fingerprint density at radius 3 is 2.84 bits per heavy atom. The van der Waals surface area contributed by atoms with Gasteiger partial charge in [0, 0.05) is 31.2 Å². The van der Waals surface area contributed by atoms with Crippen LogP contribution in [0.4, 0.5) is 0 Å². The first kappa shape index (κ1) is 13.7. The summed E-state index contributed by atoms with van der Waals surface area (Å²) in [5, 5.41) is 8.14. The SMILES string of the molecule is CCCNC(c1cccnc1)c1cn(C)nc1CC. The van der Waals surface area contributed by atoms with Gasteiger partial charge >= 0.3 is 0 Å². The van der Waals surface area contributed by atoms with Crippen LogP contribution in [0.5, 0.6) is 0 Å². The van der Waals surface area contributed by atoms with Crippen molar-refractivity contribution < 1.29 is 0 Å². The zero-order chi connectivity index (χ0) is 13.7. The molecule has 0 amide bonds. The molecular formula is C15H22N4. The van der Waals surface area contributed by atoms with Crippen LogP contribution in [0.2, 0.25) is 0 Å². The molecule has 0 aromatic carbocycles. The largest absolute Gasteiger partial charge is 0.306 e. The third-order valence-electron chi connectivity index (χ3n) is 3.20. The molecule has 0 radical (unpaired) electrons. The highest BCUT2D eigenvalue weighted by molar-refractivity contribution is 5.31. The van der Waals surface area contributed by atoms with Gasteiger partial charge in [-0.05, 0) is 31.0 Å². The average Bonchev–Trinajstić information content (AvgIpc) is 2.81. The molecule has 4 heteroatoms. The molecule has 0 aliphatic carbocycles.